The van der Waals surface area contributed by atoms with E-state index in [-0.39, 0.29) is 24.5 Å². The van der Waals surface area contributed by atoms with Gasteiger partial charge >= 0.3 is 0 Å². The summed E-state index contributed by atoms with van der Waals surface area (Å²) in [5, 5.41) is 11.8. The zero-order chi connectivity index (χ0) is 13.0. The summed E-state index contributed by atoms with van der Waals surface area (Å²) in [7, 11) is 0. The van der Waals surface area contributed by atoms with Gasteiger partial charge in [0.2, 0.25) is 5.91 Å². The van der Waals surface area contributed by atoms with Crippen molar-refractivity contribution in [3.63, 3.8) is 0 Å². The van der Waals surface area contributed by atoms with Crippen LogP contribution in [0.1, 0.15) is 31.2 Å². The third-order valence-electron chi connectivity index (χ3n) is 3.23. The minimum absolute atomic E-state index is 0.00231. The molecule has 1 amide bonds. The highest BCUT2D eigenvalue weighted by molar-refractivity contribution is 5.84. The lowest BCUT2D eigenvalue weighted by Crippen LogP contribution is -2.38. The standard InChI is InChI=1S/C14H19NO3/c1-10(6-8-16)15-14(17)12-7-9-18-13-5-3-2-4-11(12)13/h2-5,10,12,16H,6-9H2,1H3,(H,15,17). The van der Waals surface area contributed by atoms with Gasteiger partial charge in [-0.3, -0.25) is 4.79 Å². The second-order valence-electron chi connectivity index (χ2n) is 4.65. The van der Waals surface area contributed by atoms with Crippen LogP contribution in [0.2, 0.25) is 0 Å². The van der Waals surface area contributed by atoms with E-state index < -0.39 is 0 Å². The maximum absolute atomic E-state index is 12.2. The molecule has 2 atom stereocenters. The van der Waals surface area contributed by atoms with E-state index in [0.717, 1.165) is 11.3 Å². The number of rotatable bonds is 4. The minimum Gasteiger partial charge on any atom is -0.493 e. The van der Waals surface area contributed by atoms with Crippen LogP contribution in [0.3, 0.4) is 0 Å². The van der Waals surface area contributed by atoms with Crippen molar-refractivity contribution in [2.75, 3.05) is 13.2 Å². The molecular weight excluding hydrogens is 230 g/mol. The Hall–Kier alpha value is -1.55. The molecule has 98 valence electrons. The number of fused-ring (bicyclic) bond motifs is 1. The first-order valence-electron chi connectivity index (χ1n) is 6.35. The summed E-state index contributed by atoms with van der Waals surface area (Å²) in [5.74, 6) is 0.682. The van der Waals surface area contributed by atoms with Crippen LogP contribution < -0.4 is 10.1 Å². The normalized spacial score (nSPS) is 19.6. The van der Waals surface area contributed by atoms with Gasteiger partial charge in [-0.25, -0.2) is 0 Å². The van der Waals surface area contributed by atoms with Crippen LogP contribution in [0, 0.1) is 0 Å². The zero-order valence-electron chi connectivity index (χ0n) is 10.6. The first-order valence-corrected chi connectivity index (χ1v) is 6.35. The number of nitrogens with one attached hydrogen (secondary N) is 1. The third kappa shape index (κ3) is 2.82. The van der Waals surface area contributed by atoms with Crippen molar-refractivity contribution in [3.8, 4) is 5.75 Å². The second kappa shape index (κ2) is 5.87. The lowest BCUT2D eigenvalue weighted by molar-refractivity contribution is -0.123. The maximum Gasteiger partial charge on any atom is 0.228 e. The number of ether oxygens (including phenoxy) is 1. The van der Waals surface area contributed by atoms with Gasteiger partial charge in [-0.2, -0.15) is 0 Å². The molecule has 2 N–H and O–H groups in total. The average molecular weight is 249 g/mol. The van der Waals surface area contributed by atoms with Crippen molar-refractivity contribution < 1.29 is 14.6 Å². The highest BCUT2D eigenvalue weighted by Gasteiger charge is 2.27. The average Bonchev–Trinajstić information content (AvgIpc) is 2.38. The number of carbonyl (C=O) groups is 1. The van der Waals surface area contributed by atoms with Crippen LogP contribution in [-0.4, -0.2) is 30.3 Å². The van der Waals surface area contributed by atoms with Crippen molar-refractivity contribution in [1.29, 1.82) is 0 Å². The Labute approximate surface area is 107 Å². The summed E-state index contributed by atoms with van der Waals surface area (Å²) in [6.45, 7) is 2.56. The smallest absolute Gasteiger partial charge is 0.228 e. The fourth-order valence-electron chi connectivity index (χ4n) is 2.22. The molecule has 0 bridgehead atoms. The topological polar surface area (TPSA) is 58.6 Å². The van der Waals surface area contributed by atoms with E-state index in [4.69, 9.17) is 9.84 Å². The SMILES string of the molecule is CC(CCO)NC(=O)C1CCOc2ccccc21. The van der Waals surface area contributed by atoms with Gasteiger partial charge in [0.15, 0.2) is 0 Å². The van der Waals surface area contributed by atoms with E-state index in [1.54, 1.807) is 0 Å². The second-order valence-corrected chi connectivity index (χ2v) is 4.65. The van der Waals surface area contributed by atoms with Crippen LogP contribution in [-0.2, 0) is 4.79 Å². The summed E-state index contributed by atoms with van der Waals surface area (Å²) in [6, 6.07) is 7.66. The fourth-order valence-corrected chi connectivity index (χ4v) is 2.22. The van der Waals surface area contributed by atoms with E-state index in [0.29, 0.717) is 19.4 Å². The van der Waals surface area contributed by atoms with Gasteiger partial charge < -0.3 is 15.2 Å². The van der Waals surface area contributed by atoms with Crippen LogP contribution in [0.15, 0.2) is 24.3 Å². The molecule has 2 unspecified atom stereocenters. The Morgan fingerprint density at radius 3 is 3.11 bits per heavy atom. The Bertz CT molecular complexity index is 419. The van der Waals surface area contributed by atoms with E-state index in [1.807, 2.05) is 31.2 Å². The molecule has 1 aromatic rings. The highest BCUT2D eigenvalue weighted by Crippen LogP contribution is 2.33. The van der Waals surface area contributed by atoms with E-state index >= 15 is 0 Å². The van der Waals surface area contributed by atoms with Crippen LogP contribution in [0.5, 0.6) is 5.75 Å². The number of benzene rings is 1. The van der Waals surface area contributed by atoms with E-state index in [9.17, 15) is 4.79 Å². The highest BCUT2D eigenvalue weighted by atomic mass is 16.5. The fraction of sp³-hybridized carbons (Fsp3) is 0.500. The Kier molecular flexibility index (Phi) is 4.20. The van der Waals surface area contributed by atoms with Crippen molar-refractivity contribution in [2.45, 2.75) is 31.7 Å². The molecule has 1 aliphatic heterocycles. The zero-order valence-corrected chi connectivity index (χ0v) is 10.6. The molecule has 4 heteroatoms. The predicted molar refractivity (Wildman–Crippen MR) is 68.6 cm³/mol. The molecule has 0 fully saturated rings. The van der Waals surface area contributed by atoms with Gasteiger partial charge in [-0.1, -0.05) is 18.2 Å². The van der Waals surface area contributed by atoms with Crippen LogP contribution >= 0.6 is 0 Å². The molecule has 1 heterocycles. The van der Waals surface area contributed by atoms with Gasteiger partial charge in [0.05, 0.1) is 12.5 Å². The van der Waals surface area contributed by atoms with Crippen LogP contribution in [0.25, 0.3) is 0 Å². The lowest BCUT2D eigenvalue weighted by Gasteiger charge is -2.26. The Morgan fingerprint density at radius 2 is 2.33 bits per heavy atom. The van der Waals surface area contributed by atoms with Gasteiger partial charge in [-0.15, -0.1) is 0 Å². The molecule has 0 saturated heterocycles. The minimum atomic E-state index is -0.143. The molecule has 0 saturated carbocycles. The summed E-state index contributed by atoms with van der Waals surface area (Å²) in [4.78, 5) is 12.2. The summed E-state index contributed by atoms with van der Waals surface area (Å²) < 4.78 is 5.54. The van der Waals surface area contributed by atoms with E-state index in [2.05, 4.69) is 5.32 Å². The van der Waals surface area contributed by atoms with Crippen molar-refractivity contribution in [3.05, 3.63) is 29.8 Å². The monoisotopic (exact) mass is 249 g/mol. The Morgan fingerprint density at radius 1 is 1.56 bits per heavy atom. The van der Waals surface area contributed by atoms with Gasteiger partial charge in [0, 0.05) is 18.2 Å². The quantitative estimate of drug-likeness (QED) is 0.849. The van der Waals surface area contributed by atoms with E-state index in [1.165, 1.54) is 0 Å². The molecule has 0 aromatic heterocycles. The molecule has 0 spiro atoms. The molecular formula is C14H19NO3. The first kappa shape index (κ1) is 12.9. The molecule has 4 nitrogen and oxygen atoms in total. The summed E-state index contributed by atoms with van der Waals surface area (Å²) >= 11 is 0. The molecule has 0 radical (unpaired) electrons. The van der Waals surface area contributed by atoms with Crippen molar-refractivity contribution in [1.82, 2.24) is 5.32 Å². The third-order valence-corrected chi connectivity index (χ3v) is 3.23. The van der Waals surface area contributed by atoms with Gasteiger partial charge in [0.25, 0.3) is 0 Å². The van der Waals surface area contributed by atoms with Crippen molar-refractivity contribution >= 4 is 5.91 Å². The molecule has 1 aromatic carbocycles. The first-order chi connectivity index (χ1) is 8.72. The largest absolute Gasteiger partial charge is 0.493 e. The Balaban J connectivity index is 2.08. The van der Waals surface area contributed by atoms with Gasteiger partial charge in [-0.05, 0) is 25.8 Å². The molecule has 1 aliphatic rings. The number of hydrogen-bond donors (Lipinski definition) is 2. The summed E-state index contributed by atoms with van der Waals surface area (Å²) in [5.41, 5.74) is 0.956. The van der Waals surface area contributed by atoms with Gasteiger partial charge in [0.1, 0.15) is 5.75 Å². The maximum atomic E-state index is 12.2. The number of aliphatic hydroxyl groups is 1. The number of aliphatic hydroxyl groups excluding tert-OH is 1. The lowest BCUT2D eigenvalue weighted by atomic mass is 9.92. The van der Waals surface area contributed by atoms with Crippen LogP contribution in [0.4, 0.5) is 0 Å². The molecule has 18 heavy (non-hydrogen) atoms. The predicted octanol–water partition coefficient (Wildman–Crippen LogP) is 1.44. The number of carbonyl (C=O) groups excluding carboxylic acids is 1. The molecule has 2 rings (SSSR count). The number of amides is 1. The summed E-state index contributed by atoms with van der Waals surface area (Å²) in [6.07, 6.45) is 1.28. The molecule has 0 aliphatic carbocycles. The number of para-hydroxylation sites is 1. The number of hydrogen-bond acceptors (Lipinski definition) is 3. The van der Waals surface area contributed by atoms with Crippen molar-refractivity contribution in [2.24, 2.45) is 0 Å².